The number of hydrogen-bond acceptors (Lipinski definition) is 4. The molecule has 0 bridgehead atoms. The number of aromatic hydroxyl groups is 1. The molecule has 0 radical (unpaired) electrons. The highest BCUT2D eigenvalue weighted by molar-refractivity contribution is 5.82. The molecule has 4 nitrogen and oxygen atoms in total. The summed E-state index contributed by atoms with van der Waals surface area (Å²) in [5.74, 6) is -2.42. The molecule has 1 rings (SSSR count). The molecule has 0 aliphatic heterocycles. The second kappa shape index (κ2) is 4.52. The molecule has 0 saturated carbocycles. The van der Waals surface area contributed by atoms with Crippen molar-refractivity contribution in [2.45, 2.75) is 12.8 Å². The van der Waals surface area contributed by atoms with Crippen LogP contribution in [0, 0.1) is 0 Å². The van der Waals surface area contributed by atoms with E-state index in [1.807, 2.05) is 0 Å². The monoisotopic (exact) mass is 257 g/mol. The predicted octanol–water partition coefficient (Wildman–Crippen LogP) is 2.44. The summed E-state index contributed by atoms with van der Waals surface area (Å²) in [5, 5.41) is 9.00. The first kappa shape index (κ1) is 13.1. The highest BCUT2D eigenvalue weighted by Crippen LogP contribution is 2.36. The fraction of sp³-hybridized carbons (Fsp3) is 0.250. The highest BCUT2D eigenvalue weighted by atomic mass is 19.4. The van der Waals surface area contributed by atoms with Crippen LogP contribution in [0.1, 0.15) is 22.3 Å². The summed E-state index contributed by atoms with van der Waals surface area (Å²) in [7, 11) is 0. The van der Waals surface area contributed by atoms with Crippen LogP contribution < -0.4 is 4.74 Å². The zero-order chi connectivity index (χ0) is 13.2. The molecule has 17 heavy (non-hydrogen) atoms. The lowest BCUT2D eigenvalue weighted by molar-refractivity contribution is -0.276. The van der Waals surface area contributed by atoms with Gasteiger partial charge in [-0.2, -0.15) is 0 Å². The molecule has 1 aromatic heterocycles. The van der Waals surface area contributed by atoms with Gasteiger partial charge in [-0.25, -0.2) is 13.8 Å². The van der Waals surface area contributed by atoms with Gasteiger partial charge in [-0.15, -0.1) is 13.2 Å². The number of alkyl halides is 5. The minimum atomic E-state index is -5.23. The maximum absolute atomic E-state index is 12.5. The van der Waals surface area contributed by atoms with E-state index in [-0.39, 0.29) is 6.29 Å². The zero-order valence-corrected chi connectivity index (χ0v) is 7.83. The van der Waals surface area contributed by atoms with Gasteiger partial charge in [0.2, 0.25) is 5.88 Å². The van der Waals surface area contributed by atoms with Gasteiger partial charge in [0.25, 0.3) is 6.43 Å². The molecule has 0 aliphatic rings. The second-order valence-electron chi connectivity index (χ2n) is 2.74. The van der Waals surface area contributed by atoms with E-state index in [1.165, 1.54) is 0 Å². The molecule has 0 amide bonds. The van der Waals surface area contributed by atoms with Gasteiger partial charge in [-0.3, -0.25) is 4.79 Å². The average Bonchev–Trinajstić information content (AvgIpc) is 2.17. The van der Waals surface area contributed by atoms with Crippen molar-refractivity contribution < 1.29 is 36.6 Å². The first-order chi connectivity index (χ1) is 7.76. The molecule has 1 heterocycles. The summed E-state index contributed by atoms with van der Waals surface area (Å²) in [6.07, 6.45) is -8.47. The number of halogens is 5. The van der Waals surface area contributed by atoms with Crippen LogP contribution in [-0.2, 0) is 0 Å². The van der Waals surface area contributed by atoms with Crippen molar-refractivity contribution in [3.8, 4) is 11.6 Å². The van der Waals surface area contributed by atoms with E-state index in [0.717, 1.165) is 0 Å². The maximum atomic E-state index is 12.5. The van der Waals surface area contributed by atoms with Gasteiger partial charge < -0.3 is 9.84 Å². The van der Waals surface area contributed by atoms with E-state index >= 15 is 0 Å². The van der Waals surface area contributed by atoms with Crippen molar-refractivity contribution in [3.05, 3.63) is 17.3 Å². The number of rotatable bonds is 3. The summed E-state index contributed by atoms with van der Waals surface area (Å²) in [4.78, 5) is 13.3. The summed E-state index contributed by atoms with van der Waals surface area (Å²) in [6.45, 7) is 0. The molecule has 0 spiro atoms. The molecular formula is C8H4F5NO3. The van der Waals surface area contributed by atoms with Crippen LogP contribution in [0.4, 0.5) is 22.0 Å². The first-order valence-corrected chi connectivity index (χ1v) is 3.97. The SMILES string of the molecule is O=Cc1c(O)cnc(OC(F)(F)F)c1C(F)F. The topological polar surface area (TPSA) is 59.4 Å². The summed E-state index contributed by atoms with van der Waals surface area (Å²) in [5.41, 5.74) is -2.40. The van der Waals surface area contributed by atoms with Gasteiger partial charge >= 0.3 is 6.36 Å². The largest absolute Gasteiger partial charge is 0.574 e. The number of carbonyl (C=O) groups is 1. The van der Waals surface area contributed by atoms with E-state index < -0.39 is 35.5 Å². The third-order valence-electron chi connectivity index (χ3n) is 1.65. The summed E-state index contributed by atoms with van der Waals surface area (Å²) in [6, 6.07) is 0. The molecule has 94 valence electrons. The van der Waals surface area contributed by atoms with Crippen LogP contribution in [0.3, 0.4) is 0 Å². The lowest BCUT2D eigenvalue weighted by Gasteiger charge is -2.13. The average molecular weight is 257 g/mol. The van der Waals surface area contributed by atoms with Crippen molar-refractivity contribution >= 4 is 6.29 Å². The molecule has 0 saturated heterocycles. The Hall–Kier alpha value is -1.93. The Morgan fingerprint density at radius 3 is 2.41 bits per heavy atom. The molecule has 1 aromatic rings. The lowest BCUT2D eigenvalue weighted by atomic mass is 10.1. The maximum Gasteiger partial charge on any atom is 0.574 e. The Kier molecular flexibility index (Phi) is 3.49. The molecular weight excluding hydrogens is 253 g/mol. The minimum absolute atomic E-state index is 0.207. The number of hydrogen-bond donors (Lipinski definition) is 1. The number of aldehydes is 1. The molecule has 0 aliphatic carbocycles. The van der Waals surface area contributed by atoms with E-state index in [4.69, 9.17) is 5.11 Å². The molecule has 1 N–H and O–H groups in total. The van der Waals surface area contributed by atoms with Crippen molar-refractivity contribution in [2.24, 2.45) is 0 Å². The molecule has 9 heteroatoms. The summed E-state index contributed by atoms with van der Waals surface area (Å²) >= 11 is 0. The van der Waals surface area contributed by atoms with E-state index in [9.17, 15) is 26.7 Å². The van der Waals surface area contributed by atoms with Crippen LogP contribution in [0.25, 0.3) is 0 Å². The van der Waals surface area contributed by atoms with Gasteiger partial charge in [-0.1, -0.05) is 0 Å². The van der Waals surface area contributed by atoms with Crippen LogP contribution in [-0.4, -0.2) is 22.7 Å². The molecule has 0 fully saturated rings. The van der Waals surface area contributed by atoms with E-state index in [0.29, 0.717) is 6.20 Å². The lowest BCUT2D eigenvalue weighted by Crippen LogP contribution is -2.19. The van der Waals surface area contributed by atoms with Gasteiger partial charge in [0, 0.05) is 0 Å². The Labute approximate surface area is 90.6 Å². The van der Waals surface area contributed by atoms with Gasteiger partial charge in [0.05, 0.1) is 17.3 Å². The Balaban J connectivity index is 3.35. The normalized spacial score (nSPS) is 11.6. The van der Waals surface area contributed by atoms with Crippen molar-refractivity contribution in [1.29, 1.82) is 0 Å². The highest BCUT2D eigenvalue weighted by Gasteiger charge is 2.35. The minimum Gasteiger partial charge on any atom is -0.506 e. The number of pyridine rings is 1. The van der Waals surface area contributed by atoms with Crippen LogP contribution in [0.2, 0.25) is 0 Å². The van der Waals surface area contributed by atoms with E-state index in [1.54, 1.807) is 0 Å². The van der Waals surface area contributed by atoms with Gasteiger partial charge in [0.1, 0.15) is 5.75 Å². The molecule has 0 unspecified atom stereocenters. The Morgan fingerprint density at radius 2 is 2.00 bits per heavy atom. The Bertz CT molecular complexity index is 432. The number of carbonyl (C=O) groups excluding carboxylic acids is 1. The fourth-order valence-corrected chi connectivity index (χ4v) is 1.04. The van der Waals surface area contributed by atoms with Crippen molar-refractivity contribution in [2.75, 3.05) is 0 Å². The first-order valence-electron chi connectivity index (χ1n) is 3.97. The molecule has 0 atom stereocenters. The predicted molar refractivity (Wildman–Crippen MR) is 42.9 cm³/mol. The Morgan fingerprint density at radius 1 is 1.41 bits per heavy atom. The summed E-state index contributed by atoms with van der Waals surface area (Å²) < 4.78 is 63.8. The van der Waals surface area contributed by atoms with Gasteiger partial charge in [-0.05, 0) is 0 Å². The van der Waals surface area contributed by atoms with Crippen LogP contribution in [0.5, 0.6) is 11.6 Å². The number of ether oxygens (including phenoxy) is 1. The fourth-order valence-electron chi connectivity index (χ4n) is 1.04. The smallest absolute Gasteiger partial charge is 0.506 e. The standard InChI is InChI=1S/C8H4F5NO3/c9-6(10)5-3(2-15)4(16)1-14-7(5)17-8(11,12)13/h1-2,6,16H. The number of aromatic nitrogens is 1. The zero-order valence-electron chi connectivity index (χ0n) is 7.83. The third kappa shape index (κ3) is 3.02. The van der Waals surface area contributed by atoms with Crippen LogP contribution in [0.15, 0.2) is 6.20 Å². The number of nitrogens with zero attached hydrogens (tertiary/aromatic N) is 1. The quantitative estimate of drug-likeness (QED) is 0.667. The molecule has 0 aromatic carbocycles. The van der Waals surface area contributed by atoms with Crippen LogP contribution >= 0.6 is 0 Å². The van der Waals surface area contributed by atoms with E-state index in [2.05, 4.69) is 9.72 Å². The second-order valence-corrected chi connectivity index (χ2v) is 2.74. The van der Waals surface area contributed by atoms with Crippen molar-refractivity contribution in [1.82, 2.24) is 4.98 Å². The van der Waals surface area contributed by atoms with Crippen molar-refractivity contribution in [3.63, 3.8) is 0 Å². The third-order valence-corrected chi connectivity index (χ3v) is 1.65. The van der Waals surface area contributed by atoms with Gasteiger partial charge in [0.15, 0.2) is 6.29 Å².